The number of nitrogens with one attached hydrogen (secondary N) is 3. The van der Waals surface area contributed by atoms with E-state index in [1.54, 1.807) is 6.92 Å². The fraction of sp³-hybridized carbons (Fsp3) is 0.480. The number of hydrogen-bond donors (Lipinski definition) is 3. The van der Waals surface area contributed by atoms with Crippen molar-refractivity contribution in [3.8, 4) is 0 Å². The molecular weight excluding hydrogens is 390 g/mol. The number of amides is 2. The highest BCUT2D eigenvalue weighted by molar-refractivity contribution is 6.05. The lowest BCUT2D eigenvalue weighted by Gasteiger charge is -2.28. The molecule has 0 fully saturated rings. The molecule has 6 nitrogen and oxygen atoms in total. The molecule has 0 saturated heterocycles. The van der Waals surface area contributed by atoms with Crippen molar-refractivity contribution in [3.63, 3.8) is 0 Å². The van der Waals surface area contributed by atoms with Crippen molar-refractivity contribution in [2.45, 2.75) is 72.4 Å². The molecule has 31 heavy (non-hydrogen) atoms. The second-order valence-corrected chi connectivity index (χ2v) is 9.29. The Morgan fingerprint density at radius 1 is 1.16 bits per heavy atom. The first-order valence-corrected chi connectivity index (χ1v) is 11.1. The lowest BCUT2D eigenvalue weighted by molar-refractivity contribution is -0.123. The summed E-state index contributed by atoms with van der Waals surface area (Å²) in [6, 6.07) is 9.06. The number of benzene rings is 1. The first-order valence-electron chi connectivity index (χ1n) is 11.1. The normalized spacial score (nSPS) is 15.8. The highest BCUT2D eigenvalue weighted by Crippen LogP contribution is 2.36. The van der Waals surface area contributed by atoms with Gasteiger partial charge in [-0.3, -0.25) is 14.4 Å². The summed E-state index contributed by atoms with van der Waals surface area (Å²) in [5.74, 6) is -0.465. The number of fused-ring (bicyclic) bond motifs is 1. The zero-order valence-electron chi connectivity index (χ0n) is 18.9. The molecule has 0 spiro atoms. The van der Waals surface area contributed by atoms with Crippen LogP contribution in [0.15, 0.2) is 30.3 Å². The molecule has 0 aliphatic heterocycles. The number of aromatic amines is 1. The van der Waals surface area contributed by atoms with Crippen LogP contribution >= 0.6 is 0 Å². The first kappa shape index (κ1) is 22.8. The molecule has 1 aliphatic carbocycles. The number of carbonyl (C=O) groups excluding carboxylic acids is 3. The Bertz CT molecular complexity index is 960. The summed E-state index contributed by atoms with van der Waals surface area (Å²) >= 11 is 0. The molecule has 0 saturated carbocycles. The third-order valence-corrected chi connectivity index (χ3v) is 5.91. The van der Waals surface area contributed by atoms with Gasteiger partial charge in [0.25, 0.3) is 5.91 Å². The van der Waals surface area contributed by atoms with Crippen LogP contribution in [-0.4, -0.2) is 28.6 Å². The number of hydrogen-bond acceptors (Lipinski definition) is 3. The number of H-pyrrole nitrogens is 1. The van der Waals surface area contributed by atoms with Crippen molar-refractivity contribution in [3.05, 3.63) is 58.4 Å². The van der Waals surface area contributed by atoms with Crippen LogP contribution in [0.2, 0.25) is 0 Å². The van der Waals surface area contributed by atoms with Crippen LogP contribution in [0, 0.1) is 12.3 Å². The number of Topliss-reactive ketones (excluding diaryl/α,β-unsaturated/α-hetero) is 1. The van der Waals surface area contributed by atoms with E-state index in [4.69, 9.17) is 0 Å². The van der Waals surface area contributed by atoms with E-state index in [1.165, 1.54) is 0 Å². The number of rotatable bonds is 8. The highest BCUT2D eigenvalue weighted by atomic mass is 16.2. The Labute approximate surface area is 184 Å². The van der Waals surface area contributed by atoms with Crippen molar-refractivity contribution >= 4 is 17.6 Å². The van der Waals surface area contributed by atoms with Crippen LogP contribution in [-0.2, 0) is 17.8 Å². The van der Waals surface area contributed by atoms with Gasteiger partial charge in [-0.25, -0.2) is 0 Å². The van der Waals surface area contributed by atoms with E-state index in [-0.39, 0.29) is 23.0 Å². The van der Waals surface area contributed by atoms with E-state index in [9.17, 15) is 14.4 Å². The van der Waals surface area contributed by atoms with Gasteiger partial charge in [0.1, 0.15) is 11.7 Å². The largest absolute Gasteiger partial charge is 0.354 e. The second-order valence-electron chi connectivity index (χ2n) is 9.29. The first-order chi connectivity index (χ1) is 14.7. The van der Waals surface area contributed by atoms with Crippen molar-refractivity contribution in [2.75, 3.05) is 0 Å². The lowest BCUT2D eigenvalue weighted by atomic mass is 9.75. The van der Waals surface area contributed by atoms with Crippen LogP contribution in [0.1, 0.15) is 84.1 Å². The Morgan fingerprint density at radius 3 is 2.55 bits per heavy atom. The Hall–Kier alpha value is -2.89. The van der Waals surface area contributed by atoms with Crippen LogP contribution in [0.3, 0.4) is 0 Å². The summed E-state index contributed by atoms with van der Waals surface area (Å²) in [6.45, 7) is 8.38. The van der Waals surface area contributed by atoms with Crippen molar-refractivity contribution in [1.82, 2.24) is 15.6 Å². The van der Waals surface area contributed by atoms with Gasteiger partial charge in [0, 0.05) is 24.2 Å². The van der Waals surface area contributed by atoms with Gasteiger partial charge in [0.15, 0.2) is 5.78 Å². The van der Waals surface area contributed by atoms with Gasteiger partial charge in [0.2, 0.25) is 5.91 Å². The molecule has 1 heterocycles. The molecule has 1 aromatic heterocycles. The molecule has 2 amide bonds. The summed E-state index contributed by atoms with van der Waals surface area (Å²) in [6.07, 6.45) is 3.52. The van der Waals surface area contributed by atoms with E-state index in [0.29, 0.717) is 36.2 Å². The number of unbranched alkanes of at least 4 members (excludes halogenated alkanes) is 1. The third-order valence-electron chi connectivity index (χ3n) is 5.91. The zero-order valence-corrected chi connectivity index (χ0v) is 18.9. The highest BCUT2D eigenvalue weighted by Gasteiger charge is 2.35. The van der Waals surface area contributed by atoms with E-state index in [2.05, 4.69) is 36.4 Å². The van der Waals surface area contributed by atoms with E-state index in [1.807, 2.05) is 30.3 Å². The molecule has 3 rings (SSSR count). The van der Waals surface area contributed by atoms with Gasteiger partial charge in [-0.1, -0.05) is 63.9 Å². The standard InChI is InChI=1S/C25H33N3O3/c1-5-6-12-18(23(30)26-15-17-10-8-7-9-11-17)28-24(31)22-16(2)21-19(27-22)13-25(3,4)14-20(21)29/h7-11,18,27H,5-6,12-15H2,1-4H3,(H,26,30)(H,28,31)/t18-/m0/s1. The van der Waals surface area contributed by atoms with Gasteiger partial charge >= 0.3 is 0 Å². The predicted octanol–water partition coefficient (Wildman–Crippen LogP) is 4.08. The minimum Gasteiger partial charge on any atom is -0.354 e. The maximum Gasteiger partial charge on any atom is 0.268 e. The van der Waals surface area contributed by atoms with Crippen LogP contribution in [0.4, 0.5) is 0 Å². The minimum absolute atomic E-state index is 0.0715. The summed E-state index contributed by atoms with van der Waals surface area (Å²) < 4.78 is 0. The van der Waals surface area contributed by atoms with Crippen molar-refractivity contribution < 1.29 is 14.4 Å². The summed E-state index contributed by atoms with van der Waals surface area (Å²) in [5.41, 5.74) is 3.40. The van der Waals surface area contributed by atoms with Crippen LogP contribution in [0.25, 0.3) is 0 Å². The Balaban J connectivity index is 1.73. The van der Waals surface area contributed by atoms with Gasteiger partial charge in [0.05, 0.1) is 0 Å². The molecule has 2 aromatic rings. The molecule has 0 bridgehead atoms. The molecule has 1 atom stereocenters. The van der Waals surface area contributed by atoms with Crippen molar-refractivity contribution in [2.24, 2.45) is 5.41 Å². The molecule has 0 radical (unpaired) electrons. The third kappa shape index (κ3) is 5.43. The smallest absolute Gasteiger partial charge is 0.268 e. The molecule has 0 unspecified atom stereocenters. The monoisotopic (exact) mass is 423 g/mol. The average molecular weight is 424 g/mol. The molecule has 3 N–H and O–H groups in total. The molecule has 6 heteroatoms. The SMILES string of the molecule is CCCC[C@H](NC(=O)c1[nH]c2c(c1C)C(=O)CC(C)(C)C2)C(=O)NCc1ccccc1. The molecule has 1 aliphatic rings. The molecule has 1 aromatic carbocycles. The Kier molecular flexibility index (Phi) is 6.98. The van der Waals surface area contributed by atoms with E-state index < -0.39 is 6.04 Å². The predicted molar refractivity (Wildman–Crippen MR) is 121 cm³/mol. The summed E-state index contributed by atoms with van der Waals surface area (Å²) in [5, 5.41) is 5.82. The fourth-order valence-electron chi connectivity index (χ4n) is 4.28. The van der Waals surface area contributed by atoms with Crippen LogP contribution < -0.4 is 10.6 Å². The van der Waals surface area contributed by atoms with Gasteiger partial charge in [-0.2, -0.15) is 0 Å². The minimum atomic E-state index is -0.622. The zero-order chi connectivity index (χ0) is 22.6. The number of ketones is 1. The van der Waals surface area contributed by atoms with Gasteiger partial charge < -0.3 is 15.6 Å². The second kappa shape index (κ2) is 9.50. The Morgan fingerprint density at radius 2 is 1.87 bits per heavy atom. The molecule has 166 valence electrons. The quantitative estimate of drug-likeness (QED) is 0.597. The maximum absolute atomic E-state index is 13.1. The van der Waals surface area contributed by atoms with E-state index >= 15 is 0 Å². The van der Waals surface area contributed by atoms with E-state index in [0.717, 1.165) is 30.5 Å². The summed E-state index contributed by atoms with van der Waals surface area (Å²) in [4.78, 5) is 41.7. The average Bonchev–Trinajstić information content (AvgIpc) is 3.05. The molecular formula is C25H33N3O3. The number of aromatic nitrogens is 1. The van der Waals surface area contributed by atoms with Crippen LogP contribution in [0.5, 0.6) is 0 Å². The fourth-order valence-corrected chi connectivity index (χ4v) is 4.28. The van der Waals surface area contributed by atoms with Gasteiger partial charge in [-0.05, 0) is 36.3 Å². The van der Waals surface area contributed by atoms with Gasteiger partial charge in [-0.15, -0.1) is 0 Å². The summed E-state index contributed by atoms with van der Waals surface area (Å²) in [7, 11) is 0. The number of carbonyl (C=O) groups is 3. The topological polar surface area (TPSA) is 91.1 Å². The maximum atomic E-state index is 13.1. The lowest BCUT2D eigenvalue weighted by Crippen LogP contribution is -2.46. The van der Waals surface area contributed by atoms with Crippen molar-refractivity contribution in [1.29, 1.82) is 0 Å².